The van der Waals surface area contributed by atoms with Gasteiger partial charge in [0.25, 0.3) is 0 Å². The van der Waals surface area contributed by atoms with Crippen LogP contribution >= 0.6 is 0 Å². The van der Waals surface area contributed by atoms with Gasteiger partial charge in [-0.1, -0.05) is 13.8 Å². The van der Waals surface area contributed by atoms with Crippen LogP contribution in [0.3, 0.4) is 0 Å². The van der Waals surface area contributed by atoms with Gasteiger partial charge in [-0.25, -0.2) is 0 Å². The zero-order valence-electron chi connectivity index (χ0n) is 16.4. The van der Waals surface area contributed by atoms with Crippen molar-refractivity contribution in [1.82, 2.24) is 20.4 Å². The third-order valence-corrected chi connectivity index (χ3v) is 3.98. The first-order valence-electron chi connectivity index (χ1n) is 8.89. The molecule has 0 aliphatic rings. The summed E-state index contributed by atoms with van der Waals surface area (Å²) in [6, 6.07) is 0.287. The summed E-state index contributed by atoms with van der Waals surface area (Å²) in [6.07, 6.45) is 1.91. The molecule has 1 heterocycles. The minimum absolute atomic E-state index is 0.287. The Morgan fingerprint density at radius 2 is 2.00 bits per heavy atom. The van der Waals surface area contributed by atoms with Crippen LogP contribution in [0.4, 0.5) is 0 Å². The van der Waals surface area contributed by atoms with E-state index in [2.05, 4.69) is 55.3 Å². The molecule has 0 aromatic carbocycles. The molecule has 6 nitrogen and oxygen atoms in total. The molecule has 1 aromatic rings. The standard InChI is InChI=1S/C18H35N5O/c1-13(2)12-24-10-8-9-20-18(19-6)21-14(3)11-17-15(4)22-23(7)16(17)5/h13-14H,8-12H2,1-7H3,(H2,19,20,21). The highest BCUT2D eigenvalue weighted by molar-refractivity contribution is 5.79. The molecule has 1 aromatic heterocycles. The van der Waals surface area contributed by atoms with E-state index in [0.717, 1.165) is 44.3 Å². The molecule has 138 valence electrons. The maximum atomic E-state index is 5.59. The van der Waals surface area contributed by atoms with E-state index in [4.69, 9.17) is 4.74 Å². The largest absolute Gasteiger partial charge is 0.381 e. The molecule has 0 saturated carbocycles. The van der Waals surface area contributed by atoms with Gasteiger partial charge < -0.3 is 15.4 Å². The Labute approximate surface area is 147 Å². The van der Waals surface area contributed by atoms with Crippen molar-refractivity contribution in [3.8, 4) is 0 Å². The molecule has 1 atom stereocenters. The van der Waals surface area contributed by atoms with Crippen LogP contribution < -0.4 is 10.6 Å². The molecule has 0 amide bonds. The number of aromatic nitrogens is 2. The fourth-order valence-corrected chi connectivity index (χ4v) is 2.60. The van der Waals surface area contributed by atoms with Crippen molar-refractivity contribution >= 4 is 5.96 Å². The van der Waals surface area contributed by atoms with Crippen LogP contribution in [0.2, 0.25) is 0 Å². The highest BCUT2D eigenvalue weighted by atomic mass is 16.5. The average molecular weight is 338 g/mol. The van der Waals surface area contributed by atoms with Crippen molar-refractivity contribution in [2.45, 2.75) is 53.5 Å². The number of nitrogens with zero attached hydrogens (tertiary/aromatic N) is 3. The van der Waals surface area contributed by atoms with Crippen molar-refractivity contribution in [1.29, 1.82) is 0 Å². The lowest BCUT2D eigenvalue weighted by molar-refractivity contribution is 0.108. The van der Waals surface area contributed by atoms with E-state index in [1.54, 1.807) is 7.05 Å². The van der Waals surface area contributed by atoms with E-state index in [1.165, 1.54) is 11.3 Å². The molecule has 2 N–H and O–H groups in total. The fraction of sp³-hybridized carbons (Fsp3) is 0.778. The monoisotopic (exact) mass is 337 g/mol. The number of nitrogens with one attached hydrogen (secondary N) is 2. The van der Waals surface area contributed by atoms with Gasteiger partial charge in [-0.05, 0) is 45.1 Å². The summed E-state index contributed by atoms with van der Waals surface area (Å²) in [5.41, 5.74) is 3.65. The third kappa shape index (κ3) is 6.91. The van der Waals surface area contributed by atoms with Crippen molar-refractivity contribution < 1.29 is 4.74 Å². The van der Waals surface area contributed by atoms with Gasteiger partial charge in [0.1, 0.15) is 0 Å². The summed E-state index contributed by atoms with van der Waals surface area (Å²) in [7, 11) is 3.80. The SMILES string of the molecule is CN=C(NCCCOCC(C)C)NC(C)Cc1c(C)nn(C)c1C. The van der Waals surface area contributed by atoms with Gasteiger partial charge in [0.05, 0.1) is 5.69 Å². The van der Waals surface area contributed by atoms with Crippen molar-refractivity contribution in [3.05, 3.63) is 17.0 Å². The zero-order chi connectivity index (χ0) is 18.1. The molecule has 0 radical (unpaired) electrons. The average Bonchev–Trinajstić information content (AvgIpc) is 2.75. The summed E-state index contributed by atoms with van der Waals surface area (Å²) in [6.45, 7) is 13.2. The number of aliphatic imine (C=N–C) groups is 1. The van der Waals surface area contributed by atoms with E-state index in [-0.39, 0.29) is 6.04 Å². The van der Waals surface area contributed by atoms with Crippen LogP contribution in [0, 0.1) is 19.8 Å². The van der Waals surface area contributed by atoms with E-state index < -0.39 is 0 Å². The van der Waals surface area contributed by atoms with Crippen LogP contribution in [0.1, 0.15) is 44.1 Å². The second-order valence-corrected chi connectivity index (χ2v) is 6.84. The topological polar surface area (TPSA) is 63.5 Å². The van der Waals surface area contributed by atoms with Crippen molar-refractivity contribution in [2.75, 3.05) is 26.8 Å². The van der Waals surface area contributed by atoms with Crippen LogP contribution in [0.15, 0.2) is 4.99 Å². The number of ether oxygens (including phenoxy) is 1. The molecular formula is C18H35N5O. The molecule has 0 saturated heterocycles. The normalized spacial score (nSPS) is 13.4. The number of aryl methyl sites for hydroxylation is 2. The third-order valence-electron chi connectivity index (χ3n) is 3.98. The molecule has 0 spiro atoms. The van der Waals surface area contributed by atoms with Crippen LogP contribution in [-0.4, -0.2) is 48.6 Å². The van der Waals surface area contributed by atoms with Gasteiger partial charge >= 0.3 is 0 Å². The Balaban J connectivity index is 2.34. The Bertz CT molecular complexity index is 522. The summed E-state index contributed by atoms with van der Waals surface area (Å²) >= 11 is 0. The number of guanidine groups is 1. The quantitative estimate of drug-likeness (QED) is 0.412. The van der Waals surface area contributed by atoms with Crippen LogP contribution in [-0.2, 0) is 18.2 Å². The van der Waals surface area contributed by atoms with Gasteiger partial charge in [0, 0.05) is 45.6 Å². The first-order valence-corrected chi connectivity index (χ1v) is 8.89. The maximum absolute atomic E-state index is 5.59. The summed E-state index contributed by atoms with van der Waals surface area (Å²) in [5, 5.41) is 11.3. The fourth-order valence-electron chi connectivity index (χ4n) is 2.60. The van der Waals surface area contributed by atoms with E-state index in [1.807, 2.05) is 11.7 Å². The van der Waals surface area contributed by atoms with E-state index in [0.29, 0.717) is 5.92 Å². The zero-order valence-corrected chi connectivity index (χ0v) is 16.4. The Morgan fingerprint density at radius 1 is 1.29 bits per heavy atom. The Kier molecular flexibility index (Phi) is 8.82. The van der Waals surface area contributed by atoms with E-state index in [9.17, 15) is 0 Å². The minimum Gasteiger partial charge on any atom is -0.381 e. The van der Waals surface area contributed by atoms with Gasteiger partial charge in [0.2, 0.25) is 0 Å². The minimum atomic E-state index is 0.287. The molecular weight excluding hydrogens is 302 g/mol. The number of hydrogen-bond donors (Lipinski definition) is 2. The lowest BCUT2D eigenvalue weighted by atomic mass is 10.1. The second-order valence-electron chi connectivity index (χ2n) is 6.84. The summed E-state index contributed by atoms with van der Waals surface area (Å²) < 4.78 is 7.54. The molecule has 0 aliphatic heterocycles. The maximum Gasteiger partial charge on any atom is 0.191 e. The molecule has 0 bridgehead atoms. The molecule has 1 rings (SSSR count). The number of hydrogen-bond acceptors (Lipinski definition) is 3. The van der Waals surface area contributed by atoms with Crippen LogP contribution in [0.25, 0.3) is 0 Å². The summed E-state index contributed by atoms with van der Waals surface area (Å²) in [4.78, 5) is 4.30. The molecule has 0 fully saturated rings. The van der Waals surface area contributed by atoms with Gasteiger partial charge in [-0.3, -0.25) is 9.67 Å². The van der Waals surface area contributed by atoms with Crippen LogP contribution in [0.5, 0.6) is 0 Å². The first kappa shape index (κ1) is 20.5. The van der Waals surface area contributed by atoms with Crippen molar-refractivity contribution in [3.63, 3.8) is 0 Å². The second kappa shape index (κ2) is 10.3. The first-order chi connectivity index (χ1) is 11.3. The lowest BCUT2D eigenvalue weighted by Gasteiger charge is -2.18. The summed E-state index contributed by atoms with van der Waals surface area (Å²) in [5.74, 6) is 1.43. The number of rotatable bonds is 9. The Morgan fingerprint density at radius 3 is 2.54 bits per heavy atom. The smallest absolute Gasteiger partial charge is 0.191 e. The molecule has 1 unspecified atom stereocenters. The molecule has 0 aliphatic carbocycles. The molecule has 6 heteroatoms. The highest BCUT2D eigenvalue weighted by Crippen LogP contribution is 2.14. The van der Waals surface area contributed by atoms with Gasteiger partial charge in [-0.2, -0.15) is 5.10 Å². The predicted molar refractivity (Wildman–Crippen MR) is 101 cm³/mol. The predicted octanol–water partition coefficient (Wildman–Crippen LogP) is 2.20. The van der Waals surface area contributed by atoms with Crippen molar-refractivity contribution in [2.24, 2.45) is 18.0 Å². The van der Waals surface area contributed by atoms with E-state index >= 15 is 0 Å². The van der Waals surface area contributed by atoms with Gasteiger partial charge in [0.15, 0.2) is 5.96 Å². The highest BCUT2D eigenvalue weighted by Gasteiger charge is 2.13. The molecule has 24 heavy (non-hydrogen) atoms. The van der Waals surface area contributed by atoms with Gasteiger partial charge in [-0.15, -0.1) is 0 Å². The lowest BCUT2D eigenvalue weighted by Crippen LogP contribution is -2.43. The Hall–Kier alpha value is -1.56.